The molecule has 0 amide bonds. The smallest absolute Gasteiger partial charge is 0.341 e. The van der Waals surface area contributed by atoms with Crippen molar-refractivity contribution in [1.82, 2.24) is 0 Å². The number of carbonyl (C=O) groups is 2. The van der Waals surface area contributed by atoms with Crippen molar-refractivity contribution in [2.45, 2.75) is 26.1 Å². The molecule has 0 unspecified atom stereocenters. The zero-order valence-electron chi connectivity index (χ0n) is 21.1. The molecular formula is C31H28O8. The summed E-state index contributed by atoms with van der Waals surface area (Å²) in [7, 11) is 0. The van der Waals surface area contributed by atoms with Gasteiger partial charge in [-0.1, -0.05) is 84.9 Å². The van der Waals surface area contributed by atoms with Crippen molar-refractivity contribution in [3.8, 4) is 0 Å². The summed E-state index contributed by atoms with van der Waals surface area (Å²) in [6, 6.07) is 29.9. The van der Waals surface area contributed by atoms with Gasteiger partial charge in [-0.15, -0.1) is 0 Å². The predicted octanol–water partition coefficient (Wildman–Crippen LogP) is 5.82. The zero-order chi connectivity index (χ0) is 27.5. The second kappa shape index (κ2) is 14.0. The van der Waals surface area contributed by atoms with Crippen LogP contribution < -0.4 is 0 Å². The van der Waals surface area contributed by atoms with Gasteiger partial charge in [-0.2, -0.15) is 4.89 Å². The topological polar surface area (TPSA) is 112 Å². The summed E-state index contributed by atoms with van der Waals surface area (Å²) < 4.78 is 5.06. The van der Waals surface area contributed by atoms with Crippen molar-refractivity contribution >= 4 is 11.9 Å². The highest BCUT2D eigenvalue weighted by Crippen LogP contribution is 2.19. The average Bonchev–Trinajstić information content (AvgIpc) is 2.95. The van der Waals surface area contributed by atoms with Gasteiger partial charge in [0.05, 0.1) is 11.1 Å². The number of esters is 1. The Balaban J connectivity index is 1.30. The molecule has 0 atom stereocenters. The summed E-state index contributed by atoms with van der Waals surface area (Å²) in [5.41, 5.74) is 5.16. The van der Waals surface area contributed by atoms with Crippen LogP contribution in [0.1, 0.15) is 54.1 Å². The van der Waals surface area contributed by atoms with Crippen LogP contribution in [0.15, 0.2) is 97.1 Å². The highest BCUT2D eigenvalue weighted by Gasteiger charge is 2.19. The van der Waals surface area contributed by atoms with Crippen molar-refractivity contribution in [1.29, 1.82) is 0 Å². The molecule has 0 bridgehead atoms. The number of ether oxygens (including phenoxy) is 1. The van der Waals surface area contributed by atoms with Gasteiger partial charge in [-0.25, -0.2) is 19.4 Å². The first kappa shape index (κ1) is 27.7. The van der Waals surface area contributed by atoms with Crippen LogP contribution in [0.5, 0.6) is 0 Å². The van der Waals surface area contributed by atoms with E-state index in [-0.39, 0.29) is 24.3 Å². The van der Waals surface area contributed by atoms with Crippen LogP contribution >= 0.6 is 0 Å². The third kappa shape index (κ3) is 8.07. The molecule has 4 aromatic carbocycles. The highest BCUT2D eigenvalue weighted by molar-refractivity contribution is 6.02. The monoisotopic (exact) mass is 528 g/mol. The third-order valence-electron chi connectivity index (χ3n) is 6.06. The van der Waals surface area contributed by atoms with E-state index >= 15 is 0 Å². The Hall–Kier alpha value is -4.34. The van der Waals surface area contributed by atoms with Crippen LogP contribution in [0.3, 0.4) is 0 Å². The highest BCUT2D eigenvalue weighted by atomic mass is 17.2. The molecule has 0 aromatic heterocycles. The summed E-state index contributed by atoms with van der Waals surface area (Å²) in [5, 5.41) is 18.6. The standard InChI is InChI=1S/C31H28O8/c32-30(33)29-18-25(16-23-9-5-2-6-10-23)12-14-28(29)31(34)36-21-39-38-20-26-13-11-24(17-27(26)19-37-35)15-22-7-3-1-4-8-22/h1-14,17-18,35H,15-16,19-21H2,(H,32,33). The number of aromatic carboxylic acids is 1. The summed E-state index contributed by atoms with van der Waals surface area (Å²) >= 11 is 0. The van der Waals surface area contributed by atoms with E-state index in [2.05, 4.69) is 4.89 Å². The predicted molar refractivity (Wildman–Crippen MR) is 142 cm³/mol. The van der Waals surface area contributed by atoms with E-state index in [9.17, 15) is 14.7 Å². The number of hydrogen-bond donors (Lipinski definition) is 2. The summed E-state index contributed by atoms with van der Waals surface area (Å²) in [4.78, 5) is 38.8. The first-order valence-corrected chi connectivity index (χ1v) is 12.3. The molecule has 200 valence electrons. The zero-order valence-corrected chi connectivity index (χ0v) is 21.1. The fourth-order valence-electron chi connectivity index (χ4n) is 4.15. The molecule has 8 heteroatoms. The fraction of sp³-hybridized carbons (Fsp3) is 0.161. The summed E-state index contributed by atoms with van der Waals surface area (Å²) in [5.74, 6) is -2.08. The second-order valence-electron chi connectivity index (χ2n) is 8.82. The minimum Gasteiger partial charge on any atom is -0.478 e. The van der Waals surface area contributed by atoms with Crippen molar-refractivity contribution < 1.29 is 39.4 Å². The fourth-order valence-corrected chi connectivity index (χ4v) is 4.15. The van der Waals surface area contributed by atoms with Crippen LogP contribution in [-0.4, -0.2) is 29.1 Å². The largest absolute Gasteiger partial charge is 0.478 e. The van der Waals surface area contributed by atoms with Crippen molar-refractivity contribution in [2.75, 3.05) is 6.79 Å². The number of carboxylic acid groups (broad SMARTS) is 1. The van der Waals surface area contributed by atoms with Gasteiger partial charge in [0.25, 0.3) is 0 Å². The molecule has 4 rings (SSSR count). The lowest BCUT2D eigenvalue weighted by atomic mass is 9.99. The molecule has 0 aliphatic rings. The molecule has 2 N–H and O–H groups in total. The van der Waals surface area contributed by atoms with Crippen LogP contribution in [0.2, 0.25) is 0 Å². The van der Waals surface area contributed by atoms with Gasteiger partial charge < -0.3 is 9.84 Å². The van der Waals surface area contributed by atoms with E-state index in [4.69, 9.17) is 19.8 Å². The third-order valence-corrected chi connectivity index (χ3v) is 6.06. The summed E-state index contributed by atoms with van der Waals surface area (Å²) in [6.45, 7) is -0.563. The van der Waals surface area contributed by atoms with E-state index in [1.807, 2.05) is 78.9 Å². The minimum atomic E-state index is -1.23. The van der Waals surface area contributed by atoms with E-state index < -0.39 is 18.7 Å². The molecule has 0 spiro atoms. The Kier molecular flexibility index (Phi) is 9.93. The van der Waals surface area contributed by atoms with Gasteiger partial charge >= 0.3 is 11.9 Å². The lowest BCUT2D eigenvalue weighted by Gasteiger charge is -2.12. The number of hydrogen-bond acceptors (Lipinski definition) is 7. The lowest BCUT2D eigenvalue weighted by molar-refractivity contribution is -0.335. The van der Waals surface area contributed by atoms with Crippen LogP contribution in [0, 0.1) is 0 Å². The Morgan fingerprint density at radius 3 is 1.85 bits per heavy atom. The molecule has 39 heavy (non-hydrogen) atoms. The van der Waals surface area contributed by atoms with Crippen LogP contribution in [0.4, 0.5) is 0 Å². The van der Waals surface area contributed by atoms with Crippen molar-refractivity contribution in [2.24, 2.45) is 0 Å². The molecule has 0 aliphatic heterocycles. The number of carboxylic acids is 1. The average molecular weight is 529 g/mol. The first-order valence-electron chi connectivity index (χ1n) is 12.3. The van der Waals surface area contributed by atoms with Gasteiger partial charge in [0.2, 0.25) is 6.79 Å². The van der Waals surface area contributed by atoms with Gasteiger partial charge in [-0.05, 0) is 58.4 Å². The van der Waals surface area contributed by atoms with Gasteiger partial charge in [0.1, 0.15) is 13.2 Å². The summed E-state index contributed by atoms with van der Waals surface area (Å²) in [6.07, 6.45) is 1.25. The van der Waals surface area contributed by atoms with Crippen LogP contribution in [0.25, 0.3) is 0 Å². The first-order chi connectivity index (χ1) is 19.0. The normalized spacial score (nSPS) is 10.8. The molecule has 0 radical (unpaired) electrons. The SMILES string of the molecule is O=C(O)c1cc(Cc2ccccc2)ccc1C(=O)OCOOCc1ccc(Cc2ccccc2)cc1COO. The van der Waals surface area contributed by atoms with E-state index in [1.54, 1.807) is 6.07 Å². The van der Waals surface area contributed by atoms with Gasteiger partial charge in [0, 0.05) is 0 Å². The number of benzene rings is 4. The maximum atomic E-state index is 12.5. The van der Waals surface area contributed by atoms with Gasteiger partial charge in [-0.3, -0.25) is 5.26 Å². The maximum absolute atomic E-state index is 12.5. The van der Waals surface area contributed by atoms with Crippen LogP contribution in [-0.2, 0) is 45.5 Å². The molecular weight excluding hydrogens is 500 g/mol. The van der Waals surface area contributed by atoms with Gasteiger partial charge in [0.15, 0.2) is 0 Å². The Morgan fingerprint density at radius 2 is 1.23 bits per heavy atom. The quantitative estimate of drug-likeness (QED) is 0.0734. The molecule has 0 aliphatic carbocycles. The van der Waals surface area contributed by atoms with E-state index in [1.165, 1.54) is 12.1 Å². The minimum absolute atomic E-state index is 0.0103. The number of carbonyl (C=O) groups excluding carboxylic acids is 1. The molecule has 4 aromatic rings. The molecule has 0 fully saturated rings. The number of rotatable bonds is 13. The lowest BCUT2D eigenvalue weighted by Crippen LogP contribution is -2.14. The van der Waals surface area contributed by atoms with E-state index in [0.29, 0.717) is 17.5 Å². The van der Waals surface area contributed by atoms with E-state index in [0.717, 1.165) is 28.7 Å². The molecule has 8 nitrogen and oxygen atoms in total. The molecule has 0 saturated carbocycles. The van der Waals surface area contributed by atoms with Crippen molar-refractivity contribution in [3.05, 3.63) is 142 Å². The Morgan fingerprint density at radius 1 is 0.615 bits per heavy atom. The second-order valence-corrected chi connectivity index (χ2v) is 8.82. The Labute approximate surface area is 225 Å². The van der Waals surface area contributed by atoms with Crippen molar-refractivity contribution in [3.63, 3.8) is 0 Å². The molecule has 0 saturated heterocycles. The molecule has 0 heterocycles. The maximum Gasteiger partial charge on any atom is 0.341 e. The Bertz CT molecular complexity index is 1390.